The maximum atomic E-state index is 6.24. The molecule has 2 heterocycles. The Morgan fingerprint density at radius 2 is 0.915 bits per heavy atom. The number of fused-ring (bicyclic) bond motifs is 5. The SMILES string of the molecule is Cc1c(-c2c(Nc3ccc(-c4nc(-c5ccccc5)nc(-c5ccccc5)n4)cc3)ccc3ccccc23)cc2ccccc2c1-c1ccc2oc3ccccc3c2c1. The maximum absolute atomic E-state index is 6.24. The lowest BCUT2D eigenvalue weighted by atomic mass is 9.85. The first kappa shape index (κ1) is 34.4. The average molecular weight is 757 g/mol. The van der Waals surface area contributed by atoms with Gasteiger partial charge in [-0.25, -0.2) is 15.0 Å². The van der Waals surface area contributed by atoms with Crippen molar-refractivity contribution in [3.05, 3.63) is 200 Å². The second-order valence-electron chi connectivity index (χ2n) is 14.9. The van der Waals surface area contributed by atoms with Crippen LogP contribution in [0.25, 0.3) is 99.9 Å². The van der Waals surface area contributed by atoms with E-state index in [-0.39, 0.29) is 0 Å². The molecule has 0 amide bonds. The van der Waals surface area contributed by atoms with Crippen molar-refractivity contribution in [2.75, 3.05) is 5.32 Å². The molecule has 2 aromatic heterocycles. The summed E-state index contributed by atoms with van der Waals surface area (Å²) in [7, 11) is 0. The fraction of sp³-hybridized carbons (Fsp3) is 0.0185. The lowest BCUT2D eigenvalue weighted by Gasteiger charge is -2.21. The van der Waals surface area contributed by atoms with Crippen molar-refractivity contribution < 1.29 is 4.42 Å². The Balaban J connectivity index is 1.03. The minimum atomic E-state index is 0.622. The van der Waals surface area contributed by atoms with Gasteiger partial charge in [0.2, 0.25) is 0 Å². The van der Waals surface area contributed by atoms with E-state index in [1.54, 1.807) is 0 Å². The van der Waals surface area contributed by atoms with Gasteiger partial charge in [0.05, 0.1) is 0 Å². The van der Waals surface area contributed by atoms with E-state index in [9.17, 15) is 0 Å². The number of nitrogens with one attached hydrogen (secondary N) is 1. The van der Waals surface area contributed by atoms with Gasteiger partial charge in [-0.15, -0.1) is 0 Å². The number of benzene rings is 9. The van der Waals surface area contributed by atoms with Gasteiger partial charge in [0.25, 0.3) is 0 Å². The predicted molar refractivity (Wildman–Crippen MR) is 244 cm³/mol. The van der Waals surface area contributed by atoms with Crippen LogP contribution in [0.15, 0.2) is 199 Å². The molecule has 0 aliphatic rings. The molecule has 11 rings (SSSR count). The van der Waals surface area contributed by atoms with Gasteiger partial charge >= 0.3 is 0 Å². The van der Waals surface area contributed by atoms with E-state index in [2.05, 4.69) is 134 Å². The highest BCUT2D eigenvalue weighted by atomic mass is 16.3. The molecule has 59 heavy (non-hydrogen) atoms. The largest absolute Gasteiger partial charge is 0.456 e. The van der Waals surface area contributed by atoms with E-state index in [1.807, 2.05) is 72.8 Å². The molecule has 11 aromatic rings. The van der Waals surface area contributed by atoms with Crippen LogP contribution in [0.5, 0.6) is 0 Å². The summed E-state index contributed by atoms with van der Waals surface area (Å²) < 4.78 is 6.24. The Bertz CT molecular complexity index is 3300. The molecule has 9 aromatic carbocycles. The molecule has 5 heteroatoms. The maximum Gasteiger partial charge on any atom is 0.164 e. The Morgan fingerprint density at radius 1 is 0.390 bits per heavy atom. The Labute approximate surface area is 341 Å². The van der Waals surface area contributed by atoms with Crippen LogP contribution in [-0.4, -0.2) is 15.0 Å². The normalized spacial score (nSPS) is 11.5. The number of hydrogen-bond acceptors (Lipinski definition) is 5. The van der Waals surface area contributed by atoms with Gasteiger partial charge in [-0.3, -0.25) is 0 Å². The van der Waals surface area contributed by atoms with Gasteiger partial charge < -0.3 is 9.73 Å². The summed E-state index contributed by atoms with van der Waals surface area (Å²) in [6.07, 6.45) is 0. The van der Waals surface area contributed by atoms with Crippen molar-refractivity contribution in [1.82, 2.24) is 15.0 Å². The van der Waals surface area contributed by atoms with Crippen molar-refractivity contribution in [1.29, 1.82) is 0 Å². The highest BCUT2D eigenvalue weighted by Gasteiger charge is 2.20. The molecule has 0 fully saturated rings. The highest BCUT2D eigenvalue weighted by Crippen LogP contribution is 2.45. The predicted octanol–water partition coefficient (Wildman–Crippen LogP) is 14.5. The first-order valence-corrected chi connectivity index (χ1v) is 19.9. The van der Waals surface area contributed by atoms with Crippen molar-refractivity contribution in [3.8, 4) is 56.4 Å². The quantitative estimate of drug-likeness (QED) is 0.175. The highest BCUT2D eigenvalue weighted by molar-refractivity contribution is 6.12. The standard InChI is InChI=1S/C54H36N4O/c1-34-45(32-39-19-9-11-21-43(39)50(34)40-27-31-49-46(33-40)44-22-12-13-23-48(44)59-49)51-42-20-10-8-14-35(42)26-30-47(51)55-41-28-24-38(25-29-41)54-57-52(36-15-4-2-5-16-36)56-53(58-54)37-17-6-3-7-18-37/h2-33,55H,1H3. The summed E-state index contributed by atoms with van der Waals surface area (Å²) in [5.41, 5.74) is 12.5. The molecule has 0 radical (unpaired) electrons. The molecular weight excluding hydrogens is 721 g/mol. The van der Waals surface area contributed by atoms with Gasteiger partial charge in [-0.2, -0.15) is 0 Å². The topological polar surface area (TPSA) is 63.8 Å². The van der Waals surface area contributed by atoms with Crippen LogP contribution < -0.4 is 5.32 Å². The number of furan rings is 1. The first-order valence-electron chi connectivity index (χ1n) is 19.9. The van der Waals surface area contributed by atoms with Gasteiger partial charge in [0.1, 0.15) is 11.2 Å². The van der Waals surface area contributed by atoms with Crippen molar-refractivity contribution in [3.63, 3.8) is 0 Å². The minimum absolute atomic E-state index is 0.622. The Hall–Kier alpha value is -7.89. The molecule has 0 unspecified atom stereocenters. The lowest BCUT2D eigenvalue weighted by molar-refractivity contribution is 0.669. The number of para-hydroxylation sites is 1. The summed E-state index contributed by atoms with van der Waals surface area (Å²) in [6, 6.07) is 67.5. The number of rotatable bonds is 7. The van der Waals surface area contributed by atoms with Gasteiger partial charge in [-0.1, -0.05) is 140 Å². The van der Waals surface area contributed by atoms with E-state index in [4.69, 9.17) is 19.4 Å². The van der Waals surface area contributed by atoms with E-state index in [1.165, 1.54) is 38.2 Å². The summed E-state index contributed by atoms with van der Waals surface area (Å²) in [5.74, 6) is 1.90. The lowest BCUT2D eigenvalue weighted by Crippen LogP contribution is -2.00. The summed E-state index contributed by atoms with van der Waals surface area (Å²) >= 11 is 0. The molecule has 278 valence electrons. The monoisotopic (exact) mass is 756 g/mol. The molecule has 0 bridgehead atoms. The smallest absolute Gasteiger partial charge is 0.164 e. The molecule has 5 nitrogen and oxygen atoms in total. The van der Waals surface area contributed by atoms with Crippen LogP contribution in [0.2, 0.25) is 0 Å². The van der Waals surface area contributed by atoms with Crippen LogP contribution in [0.3, 0.4) is 0 Å². The summed E-state index contributed by atoms with van der Waals surface area (Å²) in [5, 5.41) is 10.8. The first-order chi connectivity index (χ1) is 29.1. The summed E-state index contributed by atoms with van der Waals surface area (Å²) in [4.78, 5) is 14.8. The number of hydrogen-bond donors (Lipinski definition) is 1. The molecule has 0 aliphatic heterocycles. The van der Waals surface area contributed by atoms with Gasteiger partial charge in [0, 0.05) is 44.4 Å². The zero-order chi connectivity index (χ0) is 39.3. The van der Waals surface area contributed by atoms with Crippen LogP contribution in [0.1, 0.15) is 5.56 Å². The van der Waals surface area contributed by atoms with Crippen LogP contribution in [0.4, 0.5) is 11.4 Å². The van der Waals surface area contributed by atoms with Crippen LogP contribution in [0, 0.1) is 6.92 Å². The van der Waals surface area contributed by atoms with E-state index in [0.717, 1.165) is 61.1 Å². The fourth-order valence-electron chi connectivity index (χ4n) is 8.43. The third-order valence-corrected chi connectivity index (χ3v) is 11.3. The second-order valence-corrected chi connectivity index (χ2v) is 14.9. The zero-order valence-electron chi connectivity index (χ0n) is 32.2. The zero-order valence-corrected chi connectivity index (χ0v) is 32.2. The molecule has 0 aliphatic carbocycles. The third kappa shape index (κ3) is 6.17. The number of anilines is 2. The molecular formula is C54H36N4O. The van der Waals surface area contributed by atoms with E-state index in [0.29, 0.717) is 17.5 Å². The van der Waals surface area contributed by atoms with Crippen LogP contribution in [-0.2, 0) is 0 Å². The molecule has 1 N–H and O–H groups in total. The molecule has 0 saturated carbocycles. The summed E-state index contributed by atoms with van der Waals surface area (Å²) in [6.45, 7) is 2.26. The molecule has 0 atom stereocenters. The number of nitrogens with zero attached hydrogens (tertiary/aromatic N) is 3. The number of aromatic nitrogens is 3. The van der Waals surface area contributed by atoms with Crippen molar-refractivity contribution >= 4 is 54.9 Å². The van der Waals surface area contributed by atoms with Crippen LogP contribution >= 0.6 is 0 Å². The van der Waals surface area contributed by atoms with Crippen molar-refractivity contribution in [2.24, 2.45) is 0 Å². The third-order valence-electron chi connectivity index (χ3n) is 11.3. The van der Waals surface area contributed by atoms with E-state index >= 15 is 0 Å². The van der Waals surface area contributed by atoms with Gasteiger partial charge in [0.15, 0.2) is 17.5 Å². The Kier molecular flexibility index (Phi) is 8.30. The Morgan fingerprint density at radius 3 is 1.59 bits per heavy atom. The second kappa shape index (κ2) is 14.2. The average Bonchev–Trinajstić information content (AvgIpc) is 3.67. The van der Waals surface area contributed by atoms with E-state index < -0.39 is 0 Å². The fourth-order valence-corrected chi connectivity index (χ4v) is 8.43. The van der Waals surface area contributed by atoms with Crippen molar-refractivity contribution in [2.45, 2.75) is 6.92 Å². The molecule has 0 saturated heterocycles. The molecule has 0 spiro atoms. The van der Waals surface area contributed by atoms with Gasteiger partial charge in [-0.05, 0) is 105 Å². The minimum Gasteiger partial charge on any atom is -0.456 e.